The van der Waals surface area contributed by atoms with Gasteiger partial charge in [0.15, 0.2) is 9.84 Å². The Morgan fingerprint density at radius 2 is 1.50 bits per heavy atom. The van der Waals surface area contributed by atoms with E-state index in [1.807, 2.05) is 42.5 Å². The number of amides is 1. The molecule has 0 aliphatic rings. The van der Waals surface area contributed by atoms with Gasteiger partial charge >= 0.3 is 0 Å². The minimum Gasteiger partial charge on any atom is -0.341 e. The SMILES string of the molecule is CS(=O)(=O)c1ccc(Cl)c(C(=O)NC(c2ccccc2)c2ccc(Cl)cc2)c1. The third-order valence-corrected chi connectivity index (χ3v) is 5.91. The van der Waals surface area contributed by atoms with E-state index in [-0.39, 0.29) is 15.5 Å². The number of rotatable bonds is 5. The molecule has 1 N–H and O–H groups in total. The summed E-state index contributed by atoms with van der Waals surface area (Å²) in [6, 6.07) is 20.2. The first-order valence-corrected chi connectivity index (χ1v) is 11.0. The Labute approximate surface area is 174 Å². The van der Waals surface area contributed by atoms with Crippen LogP contribution in [0.15, 0.2) is 77.7 Å². The highest BCUT2D eigenvalue weighted by Crippen LogP contribution is 2.26. The van der Waals surface area contributed by atoms with Crippen LogP contribution in [0.4, 0.5) is 0 Å². The van der Waals surface area contributed by atoms with Crippen molar-refractivity contribution in [2.75, 3.05) is 6.26 Å². The predicted molar refractivity (Wildman–Crippen MR) is 112 cm³/mol. The lowest BCUT2D eigenvalue weighted by Gasteiger charge is -2.20. The number of carbonyl (C=O) groups excluding carboxylic acids is 1. The van der Waals surface area contributed by atoms with Gasteiger partial charge in [-0.2, -0.15) is 0 Å². The van der Waals surface area contributed by atoms with Crippen molar-refractivity contribution in [3.05, 3.63) is 99.5 Å². The van der Waals surface area contributed by atoms with Gasteiger partial charge in [-0.05, 0) is 41.5 Å². The van der Waals surface area contributed by atoms with Gasteiger partial charge < -0.3 is 5.32 Å². The van der Waals surface area contributed by atoms with E-state index in [1.54, 1.807) is 12.1 Å². The second-order valence-corrected chi connectivity index (χ2v) is 9.14. The number of hydrogen-bond acceptors (Lipinski definition) is 3. The summed E-state index contributed by atoms with van der Waals surface area (Å²) in [5, 5.41) is 3.71. The molecule has 0 saturated heterocycles. The van der Waals surface area contributed by atoms with Crippen LogP contribution >= 0.6 is 23.2 Å². The van der Waals surface area contributed by atoms with Crippen molar-refractivity contribution in [2.45, 2.75) is 10.9 Å². The molecule has 1 amide bonds. The van der Waals surface area contributed by atoms with Crippen molar-refractivity contribution in [1.29, 1.82) is 0 Å². The van der Waals surface area contributed by atoms with E-state index in [1.165, 1.54) is 18.2 Å². The average molecular weight is 434 g/mol. The number of halogens is 2. The summed E-state index contributed by atoms with van der Waals surface area (Å²) in [6.07, 6.45) is 1.08. The third kappa shape index (κ3) is 4.73. The summed E-state index contributed by atoms with van der Waals surface area (Å²) < 4.78 is 23.7. The molecule has 4 nitrogen and oxygen atoms in total. The van der Waals surface area contributed by atoms with E-state index in [9.17, 15) is 13.2 Å². The van der Waals surface area contributed by atoms with Crippen LogP contribution < -0.4 is 5.32 Å². The van der Waals surface area contributed by atoms with Gasteiger partial charge in [-0.15, -0.1) is 0 Å². The minimum absolute atomic E-state index is 0.0322. The Bertz CT molecular complexity index is 1100. The fraction of sp³-hybridized carbons (Fsp3) is 0.0952. The van der Waals surface area contributed by atoms with Crippen LogP contribution in [0.25, 0.3) is 0 Å². The number of sulfone groups is 1. The lowest BCUT2D eigenvalue weighted by Crippen LogP contribution is -2.29. The Balaban J connectivity index is 2.00. The van der Waals surface area contributed by atoms with Crippen molar-refractivity contribution < 1.29 is 13.2 Å². The third-order valence-electron chi connectivity index (χ3n) is 4.22. The van der Waals surface area contributed by atoms with Crippen LogP contribution in [0, 0.1) is 0 Å². The zero-order chi connectivity index (χ0) is 20.3. The van der Waals surface area contributed by atoms with E-state index in [2.05, 4.69) is 5.32 Å². The van der Waals surface area contributed by atoms with Crippen molar-refractivity contribution in [3.63, 3.8) is 0 Å². The molecule has 1 unspecified atom stereocenters. The van der Waals surface area contributed by atoms with Crippen LogP contribution in [0.3, 0.4) is 0 Å². The van der Waals surface area contributed by atoms with Crippen LogP contribution in [0.5, 0.6) is 0 Å². The summed E-state index contributed by atoms with van der Waals surface area (Å²) in [6.45, 7) is 0. The molecule has 3 aromatic carbocycles. The second kappa shape index (κ2) is 8.35. The molecule has 3 rings (SSSR count). The molecule has 1 atom stereocenters. The largest absolute Gasteiger partial charge is 0.341 e. The first-order valence-electron chi connectivity index (χ1n) is 8.36. The fourth-order valence-electron chi connectivity index (χ4n) is 2.78. The monoisotopic (exact) mass is 433 g/mol. The van der Waals surface area contributed by atoms with Crippen LogP contribution in [0.1, 0.15) is 27.5 Å². The maximum absolute atomic E-state index is 13.0. The zero-order valence-corrected chi connectivity index (χ0v) is 17.2. The van der Waals surface area contributed by atoms with Crippen LogP contribution in [-0.4, -0.2) is 20.6 Å². The van der Waals surface area contributed by atoms with E-state index < -0.39 is 21.8 Å². The second-order valence-electron chi connectivity index (χ2n) is 6.28. The molecule has 0 aliphatic heterocycles. The first kappa shape index (κ1) is 20.4. The molecule has 0 radical (unpaired) electrons. The van der Waals surface area contributed by atoms with Crippen molar-refractivity contribution in [3.8, 4) is 0 Å². The quantitative estimate of drug-likeness (QED) is 0.620. The Morgan fingerprint density at radius 3 is 2.11 bits per heavy atom. The molecule has 0 aromatic heterocycles. The average Bonchev–Trinajstić information content (AvgIpc) is 2.67. The van der Waals surface area contributed by atoms with Crippen molar-refractivity contribution in [1.82, 2.24) is 5.32 Å². The zero-order valence-electron chi connectivity index (χ0n) is 14.9. The van der Waals surface area contributed by atoms with Gasteiger partial charge in [-0.25, -0.2) is 8.42 Å². The summed E-state index contributed by atoms with van der Waals surface area (Å²) in [4.78, 5) is 13.0. The maximum Gasteiger partial charge on any atom is 0.253 e. The van der Waals surface area contributed by atoms with Gasteiger partial charge in [0, 0.05) is 11.3 Å². The lowest BCUT2D eigenvalue weighted by atomic mass is 9.98. The van der Waals surface area contributed by atoms with E-state index in [0.29, 0.717) is 5.02 Å². The molecular formula is C21H17Cl2NO3S. The fourth-order valence-corrected chi connectivity index (χ4v) is 3.75. The number of carbonyl (C=O) groups is 1. The molecule has 7 heteroatoms. The number of nitrogens with one attached hydrogen (secondary N) is 1. The smallest absolute Gasteiger partial charge is 0.253 e. The van der Waals surface area contributed by atoms with Gasteiger partial charge in [-0.3, -0.25) is 4.79 Å². The predicted octanol–water partition coefficient (Wildman–Crippen LogP) is 4.92. The molecule has 0 saturated carbocycles. The lowest BCUT2D eigenvalue weighted by molar-refractivity contribution is 0.0943. The Hall–Kier alpha value is -2.34. The van der Waals surface area contributed by atoms with Gasteiger partial charge in [0.2, 0.25) is 0 Å². The Morgan fingerprint density at radius 1 is 0.893 bits per heavy atom. The molecule has 0 aliphatic carbocycles. The van der Waals surface area contributed by atoms with E-state index in [4.69, 9.17) is 23.2 Å². The number of hydrogen-bond donors (Lipinski definition) is 1. The minimum atomic E-state index is -3.47. The maximum atomic E-state index is 13.0. The van der Waals surface area contributed by atoms with Gasteiger partial charge in [0.25, 0.3) is 5.91 Å². The summed E-state index contributed by atoms with van der Waals surface area (Å²) >= 11 is 12.1. The summed E-state index contributed by atoms with van der Waals surface area (Å²) in [7, 11) is -3.47. The highest BCUT2D eigenvalue weighted by molar-refractivity contribution is 7.90. The van der Waals surface area contributed by atoms with E-state index in [0.717, 1.165) is 17.4 Å². The molecule has 3 aromatic rings. The first-order chi connectivity index (χ1) is 13.3. The van der Waals surface area contributed by atoms with Crippen LogP contribution in [0.2, 0.25) is 10.0 Å². The Kier molecular flexibility index (Phi) is 6.08. The normalized spacial score (nSPS) is 12.4. The van der Waals surface area contributed by atoms with Crippen molar-refractivity contribution in [2.24, 2.45) is 0 Å². The summed E-state index contributed by atoms with van der Waals surface area (Å²) in [5.74, 6) is -0.473. The number of benzene rings is 3. The highest BCUT2D eigenvalue weighted by Gasteiger charge is 2.21. The highest BCUT2D eigenvalue weighted by atomic mass is 35.5. The van der Waals surface area contributed by atoms with Gasteiger partial charge in [0.05, 0.1) is 21.5 Å². The molecular weight excluding hydrogens is 417 g/mol. The van der Waals surface area contributed by atoms with Crippen molar-refractivity contribution >= 4 is 38.9 Å². The topological polar surface area (TPSA) is 63.2 Å². The molecule has 28 heavy (non-hydrogen) atoms. The summed E-state index contributed by atoms with van der Waals surface area (Å²) in [5.41, 5.74) is 1.80. The molecule has 144 valence electrons. The molecule has 0 heterocycles. The molecule has 0 fully saturated rings. The van der Waals surface area contributed by atoms with Gasteiger partial charge in [0.1, 0.15) is 0 Å². The van der Waals surface area contributed by atoms with Crippen LogP contribution in [-0.2, 0) is 9.84 Å². The molecule has 0 spiro atoms. The van der Waals surface area contributed by atoms with E-state index >= 15 is 0 Å². The standard InChI is InChI=1S/C21H17Cl2NO3S/c1-28(26,27)17-11-12-19(23)18(13-17)21(25)24-20(14-5-3-2-4-6-14)15-7-9-16(22)10-8-15/h2-13,20H,1H3,(H,24,25). The molecule has 0 bridgehead atoms. The van der Waals surface area contributed by atoms with Gasteiger partial charge in [-0.1, -0.05) is 65.7 Å².